The number of nitrogens with zero attached hydrogens (tertiary/aromatic N) is 6. The fourth-order valence-corrected chi connectivity index (χ4v) is 5.61. The summed E-state index contributed by atoms with van der Waals surface area (Å²) in [6.07, 6.45) is 11.2. The molecule has 7 rings (SSSR count). The summed E-state index contributed by atoms with van der Waals surface area (Å²) in [7, 11) is 4.02. The van der Waals surface area contributed by atoms with Gasteiger partial charge in [0.25, 0.3) is 23.1 Å². The summed E-state index contributed by atoms with van der Waals surface area (Å²) in [4.78, 5) is 25.5. The van der Waals surface area contributed by atoms with E-state index in [-0.39, 0.29) is 11.1 Å². The summed E-state index contributed by atoms with van der Waals surface area (Å²) < 4.78 is 20.2. The van der Waals surface area contributed by atoms with E-state index in [4.69, 9.17) is 9.47 Å². The molecule has 0 aliphatic rings. The van der Waals surface area contributed by atoms with E-state index in [2.05, 4.69) is 39.0 Å². The first-order chi connectivity index (χ1) is 25.4. The number of aromatic nitrogens is 4. The van der Waals surface area contributed by atoms with E-state index in [0.717, 1.165) is 33.8 Å². The molecule has 2 amide bonds. The van der Waals surface area contributed by atoms with Crippen LogP contribution in [0.15, 0.2) is 144 Å². The highest BCUT2D eigenvalue weighted by atomic mass is 16.5. The fourth-order valence-electron chi connectivity index (χ4n) is 5.61. The lowest BCUT2D eigenvalue weighted by Gasteiger charge is -2.05. The molecule has 4 heterocycles. The number of imidazole rings is 2. The van der Waals surface area contributed by atoms with Crippen LogP contribution in [0.4, 0.5) is 0 Å². The maximum Gasteiger partial charge on any atom is 0.286 e. The summed E-state index contributed by atoms with van der Waals surface area (Å²) in [6, 6.07) is 33.2. The van der Waals surface area contributed by atoms with Crippen molar-refractivity contribution >= 4 is 35.5 Å². The third-order valence-electron chi connectivity index (χ3n) is 8.54. The summed E-state index contributed by atoms with van der Waals surface area (Å²) in [5.74, 6) is 0.518. The molecule has 0 bridgehead atoms. The molecule has 0 atom stereocenters. The predicted octanol–water partition coefficient (Wildman–Crippen LogP) is 4.53. The fraction of sp³-hybridized carbons (Fsp3) is 0.100. The van der Waals surface area contributed by atoms with Crippen molar-refractivity contribution in [1.29, 1.82) is 0 Å². The molecule has 0 aliphatic carbocycles. The zero-order valence-electron chi connectivity index (χ0n) is 28.6. The minimum Gasteiger partial charge on any atom is -0.485 e. The molecule has 0 spiro atoms. The summed E-state index contributed by atoms with van der Waals surface area (Å²) >= 11 is 0. The molecule has 0 unspecified atom stereocenters. The number of rotatable bonds is 12. The maximum atomic E-state index is 12.8. The quantitative estimate of drug-likeness (QED) is 0.111. The van der Waals surface area contributed by atoms with Crippen molar-refractivity contribution in [2.75, 3.05) is 0 Å². The van der Waals surface area contributed by atoms with Gasteiger partial charge in [-0.15, -0.1) is 0 Å². The van der Waals surface area contributed by atoms with Crippen LogP contribution in [0.2, 0.25) is 0 Å². The Morgan fingerprint density at radius 3 is 1.48 bits per heavy atom. The van der Waals surface area contributed by atoms with Crippen LogP contribution in [0.3, 0.4) is 0 Å². The lowest BCUT2D eigenvalue weighted by molar-refractivity contribution is -0.511. The smallest absolute Gasteiger partial charge is 0.286 e. The third-order valence-corrected chi connectivity index (χ3v) is 8.54. The number of carbonyl (C=O) groups excluding carboxylic acids is 2. The molecule has 0 fully saturated rings. The van der Waals surface area contributed by atoms with E-state index < -0.39 is 11.8 Å². The Morgan fingerprint density at radius 1 is 0.615 bits per heavy atom. The molecule has 12 nitrogen and oxygen atoms in total. The van der Waals surface area contributed by atoms with Crippen LogP contribution in [0.1, 0.15) is 43.2 Å². The van der Waals surface area contributed by atoms with Gasteiger partial charge in [0, 0.05) is 23.3 Å². The number of amides is 2. The van der Waals surface area contributed by atoms with E-state index in [1.54, 1.807) is 18.2 Å². The summed E-state index contributed by atoms with van der Waals surface area (Å²) in [6.45, 7) is 0.838. The Morgan fingerprint density at radius 2 is 1.06 bits per heavy atom. The first-order valence-electron chi connectivity index (χ1n) is 16.5. The molecular weight excluding hydrogens is 656 g/mol. The third kappa shape index (κ3) is 7.71. The van der Waals surface area contributed by atoms with Crippen molar-refractivity contribution in [2.24, 2.45) is 24.3 Å². The molecule has 12 heteroatoms. The number of pyridine rings is 2. The number of nitrogens with one attached hydrogen (secondary N) is 2. The molecule has 7 aromatic rings. The number of aryl methyl sites for hydroxylation is 2. The van der Waals surface area contributed by atoms with Gasteiger partial charge in [0.05, 0.1) is 38.9 Å². The number of hydrazone groups is 2. The van der Waals surface area contributed by atoms with Gasteiger partial charge in [-0.05, 0) is 90.0 Å². The van der Waals surface area contributed by atoms with Crippen molar-refractivity contribution in [3.8, 4) is 11.5 Å². The number of carbonyl (C=O) groups is 2. The second-order valence-corrected chi connectivity index (χ2v) is 12.0. The number of benzene rings is 3. The Kier molecular flexibility index (Phi) is 9.78. The molecule has 2 N–H and O–H groups in total. The number of ether oxygens (including phenoxy) is 2. The highest BCUT2D eigenvalue weighted by Gasteiger charge is 2.15. The minimum atomic E-state index is -0.455. The van der Waals surface area contributed by atoms with Crippen molar-refractivity contribution < 1.29 is 27.9 Å². The molecule has 52 heavy (non-hydrogen) atoms. The monoisotopic (exact) mass is 692 g/mol. The van der Waals surface area contributed by atoms with E-state index in [1.807, 2.05) is 124 Å². The summed E-state index contributed by atoms with van der Waals surface area (Å²) in [5, 5.41) is 8.15. The van der Waals surface area contributed by atoms with Crippen LogP contribution in [-0.2, 0) is 27.3 Å². The zero-order valence-corrected chi connectivity index (χ0v) is 28.6. The van der Waals surface area contributed by atoms with Gasteiger partial charge in [0.15, 0.2) is 24.6 Å². The van der Waals surface area contributed by atoms with Gasteiger partial charge in [-0.3, -0.25) is 9.59 Å². The van der Waals surface area contributed by atoms with Crippen LogP contribution < -0.4 is 29.1 Å². The van der Waals surface area contributed by atoms with Gasteiger partial charge in [0.2, 0.25) is 0 Å². The molecule has 3 aromatic carbocycles. The predicted molar refractivity (Wildman–Crippen MR) is 195 cm³/mol. The topological polar surface area (TPSA) is 119 Å². The first-order valence-corrected chi connectivity index (χ1v) is 16.5. The van der Waals surface area contributed by atoms with Crippen molar-refractivity contribution in [1.82, 2.24) is 20.0 Å². The molecule has 0 aliphatic heterocycles. The van der Waals surface area contributed by atoms with E-state index in [1.165, 1.54) is 18.5 Å². The molecule has 258 valence electrons. The SMILES string of the molecule is Cn1c(COc2ccc(/C=N\NC(=O)c3cccc(C(=O)N/N=C\c4ccc(OCc5c[n+]6ccccc6n5C)cc4)c3)cc2)c[n+]2ccccc12. The number of hydrogen-bond acceptors (Lipinski definition) is 6. The first kappa shape index (κ1) is 33.4. The number of fused-ring (bicyclic) bond motifs is 2. The van der Waals surface area contributed by atoms with Gasteiger partial charge < -0.3 is 9.47 Å². The van der Waals surface area contributed by atoms with Crippen molar-refractivity contribution in [3.05, 3.63) is 168 Å². The zero-order chi connectivity index (χ0) is 35.9. The average Bonchev–Trinajstić information content (AvgIpc) is 3.68. The van der Waals surface area contributed by atoms with Crippen LogP contribution >= 0.6 is 0 Å². The largest absolute Gasteiger partial charge is 0.485 e. The molecule has 0 radical (unpaired) electrons. The van der Waals surface area contributed by atoms with Crippen LogP contribution in [-0.4, -0.2) is 33.4 Å². The Balaban J connectivity index is 0.866. The Labute approximate surface area is 299 Å². The second-order valence-electron chi connectivity index (χ2n) is 12.0. The Hall–Kier alpha value is -7.08. The van der Waals surface area contributed by atoms with Gasteiger partial charge in [-0.25, -0.2) is 28.8 Å². The highest BCUT2D eigenvalue weighted by molar-refractivity contribution is 6.00. The van der Waals surface area contributed by atoms with Crippen LogP contribution in [0, 0.1) is 0 Å². The maximum absolute atomic E-state index is 12.8. The minimum absolute atomic E-state index is 0.279. The Bertz CT molecular complexity index is 2260. The average molecular weight is 693 g/mol. The van der Waals surface area contributed by atoms with E-state index >= 15 is 0 Å². The van der Waals surface area contributed by atoms with Crippen LogP contribution in [0.5, 0.6) is 11.5 Å². The van der Waals surface area contributed by atoms with E-state index in [0.29, 0.717) is 24.7 Å². The standard InChI is InChI=1S/C40H34N8O4/c1-45-33(25-47-20-5-3-10-37(45)47)27-51-35-16-12-29(13-17-35)23-41-43-39(49)31-8-7-9-32(22-31)40(50)44-42-24-30-14-18-36(19-15-30)52-28-34-26-48-21-6-4-11-38(48)46(34)2/h3-26H,27-28H2,1-2H3/p+2/b41-23-,42-24-. The number of hydrogen-bond donors (Lipinski definition) is 2. The van der Waals surface area contributed by atoms with Gasteiger partial charge in [-0.1, -0.05) is 18.2 Å². The molecule has 0 saturated carbocycles. The van der Waals surface area contributed by atoms with Gasteiger partial charge >= 0.3 is 0 Å². The van der Waals surface area contributed by atoms with Crippen LogP contribution in [0.25, 0.3) is 11.3 Å². The molecule has 0 saturated heterocycles. The van der Waals surface area contributed by atoms with Gasteiger partial charge in [0.1, 0.15) is 23.9 Å². The summed E-state index contributed by atoms with van der Waals surface area (Å²) in [5.41, 5.74) is 11.4. The lowest BCUT2D eigenvalue weighted by Crippen LogP contribution is -2.20. The highest BCUT2D eigenvalue weighted by Crippen LogP contribution is 2.16. The van der Waals surface area contributed by atoms with Crippen molar-refractivity contribution in [2.45, 2.75) is 13.2 Å². The van der Waals surface area contributed by atoms with Gasteiger partial charge in [-0.2, -0.15) is 10.2 Å². The molecule has 4 aromatic heterocycles. The lowest BCUT2D eigenvalue weighted by atomic mass is 10.1. The second kappa shape index (κ2) is 15.2. The van der Waals surface area contributed by atoms with Crippen molar-refractivity contribution in [3.63, 3.8) is 0 Å². The molecular formula is C40H36N8O4+2. The normalized spacial score (nSPS) is 11.4. The van der Waals surface area contributed by atoms with E-state index in [9.17, 15) is 9.59 Å².